The van der Waals surface area contributed by atoms with Gasteiger partial charge in [0.1, 0.15) is 18.3 Å². The first-order valence-electron chi connectivity index (χ1n) is 10.3. The van der Waals surface area contributed by atoms with E-state index < -0.39 is 35.5 Å². The number of alkyl halides is 3. The van der Waals surface area contributed by atoms with Gasteiger partial charge in [-0.05, 0) is 34.9 Å². The summed E-state index contributed by atoms with van der Waals surface area (Å²) >= 11 is 5.96. The highest BCUT2D eigenvalue weighted by molar-refractivity contribution is 6.30. The lowest BCUT2D eigenvalue weighted by Gasteiger charge is -2.22. The standard InChI is InChI=1S/C24H15ClF3N5O3/c25-18-8-6-15(7-9-18)20(16-10-17(12-30-11-16)24(26,27)28)21(31-32-29)22(34)33-19(13-36-23(33)35)14-4-2-1-3-5-14/h1-12,19H,13H2. The Balaban J connectivity index is 1.95. The molecule has 0 aliphatic carbocycles. The van der Waals surface area contributed by atoms with E-state index in [0.717, 1.165) is 17.2 Å². The first-order valence-corrected chi connectivity index (χ1v) is 10.7. The van der Waals surface area contributed by atoms with Crippen molar-refractivity contribution in [2.45, 2.75) is 12.2 Å². The molecule has 36 heavy (non-hydrogen) atoms. The minimum atomic E-state index is -4.73. The molecular weight excluding hydrogens is 499 g/mol. The number of carbonyl (C=O) groups is 2. The van der Waals surface area contributed by atoms with Crippen LogP contribution < -0.4 is 0 Å². The molecule has 3 aromatic rings. The lowest BCUT2D eigenvalue weighted by Crippen LogP contribution is -2.35. The summed E-state index contributed by atoms with van der Waals surface area (Å²) in [6.45, 7) is -0.153. The van der Waals surface area contributed by atoms with Crippen LogP contribution in [-0.2, 0) is 15.7 Å². The van der Waals surface area contributed by atoms with Gasteiger partial charge in [0, 0.05) is 33.5 Å². The third kappa shape index (κ3) is 5.02. The van der Waals surface area contributed by atoms with Crippen LogP contribution >= 0.6 is 11.6 Å². The summed E-state index contributed by atoms with van der Waals surface area (Å²) in [4.78, 5) is 33.4. The summed E-state index contributed by atoms with van der Waals surface area (Å²) in [6, 6.07) is 14.2. The van der Waals surface area contributed by atoms with E-state index >= 15 is 0 Å². The van der Waals surface area contributed by atoms with Gasteiger partial charge in [-0.15, -0.1) is 0 Å². The Hall–Kier alpha value is -4.34. The van der Waals surface area contributed by atoms with Crippen LogP contribution in [0.25, 0.3) is 16.0 Å². The zero-order chi connectivity index (χ0) is 25.9. The number of amides is 2. The summed E-state index contributed by atoms with van der Waals surface area (Å²) in [5.41, 5.74) is 8.03. The Morgan fingerprint density at radius 2 is 1.81 bits per heavy atom. The van der Waals surface area contributed by atoms with E-state index in [1.54, 1.807) is 30.3 Å². The minimum Gasteiger partial charge on any atom is -0.446 e. The summed E-state index contributed by atoms with van der Waals surface area (Å²) < 4.78 is 45.4. The van der Waals surface area contributed by atoms with E-state index in [1.807, 2.05) is 0 Å². The van der Waals surface area contributed by atoms with Crippen molar-refractivity contribution in [1.29, 1.82) is 0 Å². The molecule has 1 aromatic heterocycles. The van der Waals surface area contributed by atoms with E-state index in [4.69, 9.17) is 16.3 Å². The molecule has 2 heterocycles. The first-order chi connectivity index (χ1) is 17.2. The second kappa shape index (κ2) is 10.1. The van der Waals surface area contributed by atoms with E-state index in [2.05, 4.69) is 15.0 Å². The molecule has 182 valence electrons. The zero-order valence-corrected chi connectivity index (χ0v) is 18.9. The number of aromatic nitrogens is 1. The number of benzene rings is 2. The maximum atomic E-state index is 13.7. The number of hydrogen-bond donors (Lipinski definition) is 0. The van der Waals surface area contributed by atoms with Gasteiger partial charge in [0.05, 0.1) is 5.56 Å². The smallest absolute Gasteiger partial charge is 0.417 e. The van der Waals surface area contributed by atoms with Gasteiger partial charge in [0.15, 0.2) is 0 Å². The molecule has 0 spiro atoms. The van der Waals surface area contributed by atoms with Crippen LogP contribution in [0.2, 0.25) is 5.02 Å². The highest BCUT2D eigenvalue weighted by atomic mass is 35.5. The average molecular weight is 514 g/mol. The van der Waals surface area contributed by atoms with Gasteiger partial charge >= 0.3 is 12.3 Å². The highest BCUT2D eigenvalue weighted by Gasteiger charge is 2.41. The molecule has 1 aliphatic rings. The molecule has 0 radical (unpaired) electrons. The molecule has 0 N–H and O–H groups in total. The second-order valence-corrected chi connectivity index (χ2v) is 7.99. The summed E-state index contributed by atoms with van der Waals surface area (Å²) in [5, 5.41) is 3.84. The van der Waals surface area contributed by atoms with Crippen molar-refractivity contribution in [3.8, 4) is 0 Å². The van der Waals surface area contributed by atoms with Crippen molar-refractivity contribution in [3.05, 3.63) is 116 Å². The highest BCUT2D eigenvalue weighted by Crippen LogP contribution is 2.36. The number of hydrogen-bond acceptors (Lipinski definition) is 5. The van der Waals surface area contributed by atoms with Crippen LogP contribution in [0, 0.1) is 0 Å². The van der Waals surface area contributed by atoms with Crippen LogP contribution in [0.15, 0.2) is 83.9 Å². The van der Waals surface area contributed by atoms with Gasteiger partial charge in [-0.2, -0.15) is 13.2 Å². The molecule has 1 aliphatic heterocycles. The first kappa shape index (κ1) is 24.8. The number of carbonyl (C=O) groups excluding carboxylic acids is 2. The van der Waals surface area contributed by atoms with Crippen LogP contribution in [0.5, 0.6) is 0 Å². The number of imide groups is 1. The molecule has 1 atom stereocenters. The van der Waals surface area contributed by atoms with Gasteiger partial charge in [-0.1, -0.05) is 59.2 Å². The van der Waals surface area contributed by atoms with Gasteiger partial charge < -0.3 is 4.74 Å². The Morgan fingerprint density at radius 1 is 1.11 bits per heavy atom. The minimum absolute atomic E-state index is 0.153. The van der Waals surface area contributed by atoms with Crippen molar-refractivity contribution in [1.82, 2.24) is 9.88 Å². The van der Waals surface area contributed by atoms with Gasteiger partial charge in [-0.25, -0.2) is 9.69 Å². The maximum absolute atomic E-state index is 13.7. The average Bonchev–Trinajstić information content (AvgIpc) is 3.26. The Morgan fingerprint density at radius 3 is 2.44 bits per heavy atom. The van der Waals surface area contributed by atoms with Gasteiger partial charge in [0.25, 0.3) is 5.91 Å². The summed E-state index contributed by atoms with van der Waals surface area (Å²) in [5.74, 6) is -1.05. The predicted octanol–water partition coefficient (Wildman–Crippen LogP) is 6.54. The lowest BCUT2D eigenvalue weighted by atomic mass is 9.95. The van der Waals surface area contributed by atoms with Gasteiger partial charge in [0.2, 0.25) is 0 Å². The predicted molar refractivity (Wildman–Crippen MR) is 123 cm³/mol. The van der Waals surface area contributed by atoms with Crippen LogP contribution in [0.4, 0.5) is 18.0 Å². The fraction of sp³-hybridized carbons (Fsp3) is 0.125. The third-order valence-corrected chi connectivity index (χ3v) is 5.60. The molecule has 4 rings (SSSR count). The van der Waals surface area contributed by atoms with Crippen molar-refractivity contribution < 1.29 is 27.5 Å². The molecule has 2 aromatic carbocycles. The van der Waals surface area contributed by atoms with Crippen LogP contribution in [-0.4, -0.2) is 28.5 Å². The summed E-state index contributed by atoms with van der Waals surface area (Å²) in [7, 11) is 0. The number of nitrogens with zero attached hydrogens (tertiary/aromatic N) is 5. The largest absolute Gasteiger partial charge is 0.446 e. The number of halogens is 4. The maximum Gasteiger partial charge on any atom is 0.417 e. The van der Waals surface area contributed by atoms with Crippen LogP contribution in [0.3, 0.4) is 0 Å². The molecule has 2 amide bonds. The van der Waals surface area contributed by atoms with Crippen molar-refractivity contribution in [3.63, 3.8) is 0 Å². The fourth-order valence-electron chi connectivity index (χ4n) is 3.71. The molecule has 0 saturated carbocycles. The Bertz CT molecular complexity index is 1390. The normalized spacial score (nSPS) is 16.2. The third-order valence-electron chi connectivity index (χ3n) is 5.35. The second-order valence-electron chi connectivity index (χ2n) is 7.56. The van der Waals surface area contributed by atoms with E-state index in [1.165, 1.54) is 24.3 Å². The van der Waals surface area contributed by atoms with Crippen molar-refractivity contribution >= 4 is 29.2 Å². The number of cyclic esters (lactones) is 1. The quantitative estimate of drug-likeness (QED) is 0.167. The molecular formula is C24H15ClF3N5O3. The lowest BCUT2D eigenvalue weighted by molar-refractivity contribution is -0.137. The zero-order valence-electron chi connectivity index (χ0n) is 18.2. The van der Waals surface area contributed by atoms with Crippen molar-refractivity contribution in [2.75, 3.05) is 6.61 Å². The van der Waals surface area contributed by atoms with Crippen molar-refractivity contribution in [2.24, 2.45) is 5.11 Å². The molecule has 8 nitrogen and oxygen atoms in total. The molecule has 12 heteroatoms. The Kier molecular flexibility index (Phi) is 6.96. The molecule has 1 unspecified atom stereocenters. The number of ether oxygens (including phenoxy) is 1. The van der Waals surface area contributed by atoms with E-state index in [9.17, 15) is 28.3 Å². The monoisotopic (exact) mass is 513 g/mol. The molecule has 0 bridgehead atoms. The van der Waals surface area contributed by atoms with Crippen LogP contribution in [0.1, 0.15) is 28.3 Å². The van der Waals surface area contributed by atoms with Gasteiger partial charge in [-0.3, -0.25) is 9.78 Å². The SMILES string of the molecule is [N-]=[N+]=NC(C(=O)N1C(=O)OCC1c1ccccc1)=C(c1ccc(Cl)cc1)c1cncc(C(F)(F)F)c1. The topological polar surface area (TPSA) is 108 Å². The number of azide groups is 1. The van der Waals surface area contributed by atoms with E-state index in [-0.39, 0.29) is 23.3 Å². The molecule has 1 fully saturated rings. The summed E-state index contributed by atoms with van der Waals surface area (Å²) in [6.07, 6.45) is -4.00. The van der Waals surface area contributed by atoms with E-state index in [0.29, 0.717) is 16.8 Å². The number of rotatable bonds is 5. The number of pyridine rings is 1. The molecule has 1 saturated heterocycles. The Labute approximate surface area is 207 Å². The fourth-order valence-corrected chi connectivity index (χ4v) is 3.84.